The zero-order valence-electron chi connectivity index (χ0n) is 8.67. The zero-order chi connectivity index (χ0) is 9.90. The van der Waals surface area contributed by atoms with Crippen molar-refractivity contribution in [3.8, 4) is 0 Å². The highest BCUT2D eigenvalue weighted by molar-refractivity contribution is 5.35. The summed E-state index contributed by atoms with van der Waals surface area (Å²) in [5.74, 6) is 0. The molecule has 1 aliphatic rings. The van der Waals surface area contributed by atoms with E-state index in [1.807, 2.05) is 13.8 Å². The predicted octanol–water partition coefficient (Wildman–Crippen LogP) is 2.98. The third-order valence-corrected chi connectivity index (χ3v) is 2.12. The van der Waals surface area contributed by atoms with Crippen molar-refractivity contribution in [1.82, 2.24) is 0 Å². The lowest BCUT2D eigenvalue weighted by Crippen LogP contribution is -2.19. The minimum absolute atomic E-state index is 0.594. The van der Waals surface area contributed by atoms with E-state index in [1.54, 1.807) is 0 Å². The Morgan fingerprint density at radius 2 is 2.15 bits per heavy atom. The van der Waals surface area contributed by atoms with E-state index >= 15 is 0 Å². The van der Waals surface area contributed by atoms with Crippen LogP contribution in [0.4, 0.5) is 0 Å². The van der Waals surface area contributed by atoms with Crippen molar-refractivity contribution in [1.29, 1.82) is 0 Å². The van der Waals surface area contributed by atoms with Crippen LogP contribution in [0.3, 0.4) is 0 Å². The molecule has 0 heterocycles. The van der Waals surface area contributed by atoms with Gasteiger partial charge in [-0.3, -0.25) is 0 Å². The molecule has 0 aliphatic heterocycles. The van der Waals surface area contributed by atoms with Crippen LogP contribution in [-0.2, 0) is 0 Å². The third kappa shape index (κ3) is 3.60. The molecule has 0 spiro atoms. The lowest BCUT2D eigenvalue weighted by atomic mass is 9.93. The van der Waals surface area contributed by atoms with E-state index in [0.29, 0.717) is 0 Å². The highest BCUT2D eigenvalue weighted by atomic mass is 16.3. The molecule has 0 aromatic carbocycles. The lowest BCUT2D eigenvalue weighted by Gasteiger charge is -2.19. The molecule has 1 N–H and O–H groups in total. The van der Waals surface area contributed by atoms with Crippen molar-refractivity contribution in [2.45, 2.75) is 39.2 Å². The minimum Gasteiger partial charge on any atom is -0.390 e. The van der Waals surface area contributed by atoms with Gasteiger partial charge >= 0.3 is 0 Å². The van der Waals surface area contributed by atoms with E-state index in [4.69, 9.17) is 0 Å². The lowest BCUT2D eigenvalue weighted by molar-refractivity contribution is 0.0817. The van der Waals surface area contributed by atoms with E-state index in [0.717, 1.165) is 12.8 Å². The van der Waals surface area contributed by atoms with Gasteiger partial charge in [0.15, 0.2) is 0 Å². The summed E-state index contributed by atoms with van der Waals surface area (Å²) in [5, 5.41) is 9.60. The van der Waals surface area contributed by atoms with Crippen LogP contribution in [0.5, 0.6) is 0 Å². The van der Waals surface area contributed by atoms with E-state index in [-0.39, 0.29) is 0 Å². The molecule has 0 atom stereocenters. The zero-order valence-corrected chi connectivity index (χ0v) is 8.67. The van der Waals surface area contributed by atoms with Crippen LogP contribution in [-0.4, -0.2) is 10.7 Å². The van der Waals surface area contributed by atoms with Crippen LogP contribution in [0.15, 0.2) is 35.5 Å². The average molecular weight is 178 g/mol. The molecule has 0 saturated heterocycles. The summed E-state index contributed by atoms with van der Waals surface area (Å²) in [6, 6.07) is 0. The van der Waals surface area contributed by atoms with Crippen LogP contribution >= 0.6 is 0 Å². The summed E-state index contributed by atoms with van der Waals surface area (Å²) in [6.45, 7) is 5.73. The van der Waals surface area contributed by atoms with Gasteiger partial charge in [-0.1, -0.05) is 24.3 Å². The summed E-state index contributed by atoms with van der Waals surface area (Å²) in [7, 11) is 0. The van der Waals surface area contributed by atoms with Crippen LogP contribution < -0.4 is 0 Å². The first-order valence-electron chi connectivity index (χ1n) is 4.76. The van der Waals surface area contributed by atoms with Crippen molar-refractivity contribution >= 4 is 0 Å². The third-order valence-electron chi connectivity index (χ3n) is 2.12. The second-order valence-corrected chi connectivity index (χ2v) is 4.17. The van der Waals surface area contributed by atoms with Gasteiger partial charge in [0.05, 0.1) is 5.60 Å². The predicted molar refractivity (Wildman–Crippen MR) is 56.5 cm³/mol. The van der Waals surface area contributed by atoms with Gasteiger partial charge in [0.1, 0.15) is 0 Å². The molecule has 0 amide bonds. The Balaban J connectivity index is 2.58. The maximum absolute atomic E-state index is 9.60. The van der Waals surface area contributed by atoms with Gasteiger partial charge < -0.3 is 5.11 Å². The molecule has 13 heavy (non-hydrogen) atoms. The van der Waals surface area contributed by atoms with Crippen LogP contribution in [0.1, 0.15) is 33.6 Å². The number of rotatable bonds is 2. The topological polar surface area (TPSA) is 20.2 Å². The Morgan fingerprint density at radius 1 is 1.46 bits per heavy atom. The Morgan fingerprint density at radius 3 is 2.54 bits per heavy atom. The second-order valence-electron chi connectivity index (χ2n) is 4.17. The van der Waals surface area contributed by atoms with E-state index < -0.39 is 5.60 Å². The van der Waals surface area contributed by atoms with Gasteiger partial charge in [0.25, 0.3) is 0 Å². The molecule has 0 fully saturated rings. The summed E-state index contributed by atoms with van der Waals surface area (Å²) in [5.41, 5.74) is 1.99. The van der Waals surface area contributed by atoms with Crippen molar-refractivity contribution in [3.63, 3.8) is 0 Å². The smallest absolute Gasteiger partial charge is 0.0631 e. The first-order chi connectivity index (χ1) is 6.01. The summed E-state index contributed by atoms with van der Waals surface area (Å²) >= 11 is 0. The fourth-order valence-corrected chi connectivity index (χ4v) is 1.44. The molecule has 0 aromatic rings. The fraction of sp³-hybridized carbons (Fsp3) is 0.500. The molecule has 0 bridgehead atoms. The van der Waals surface area contributed by atoms with Gasteiger partial charge in [-0.15, -0.1) is 0 Å². The summed E-state index contributed by atoms with van der Waals surface area (Å²) in [6.07, 6.45) is 10.3. The molecule has 0 aromatic heterocycles. The number of allylic oxidation sites excluding steroid dienone is 5. The van der Waals surface area contributed by atoms with Crippen molar-refractivity contribution in [2.75, 3.05) is 0 Å². The molecule has 0 radical (unpaired) electrons. The van der Waals surface area contributed by atoms with Crippen molar-refractivity contribution < 1.29 is 5.11 Å². The first-order valence-corrected chi connectivity index (χ1v) is 4.76. The molecule has 1 heteroatoms. The van der Waals surface area contributed by atoms with E-state index in [2.05, 4.69) is 31.2 Å². The molecule has 1 aliphatic carbocycles. The van der Waals surface area contributed by atoms with Gasteiger partial charge in [-0.05, 0) is 38.3 Å². The first kappa shape index (κ1) is 10.3. The molecule has 0 unspecified atom stereocenters. The van der Waals surface area contributed by atoms with Crippen LogP contribution in [0.25, 0.3) is 0 Å². The maximum Gasteiger partial charge on any atom is 0.0631 e. The van der Waals surface area contributed by atoms with Crippen LogP contribution in [0, 0.1) is 0 Å². The quantitative estimate of drug-likeness (QED) is 0.689. The summed E-state index contributed by atoms with van der Waals surface area (Å²) in [4.78, 5) is 0. The number of hydrogen-bond acceptors (Lipinski definition) is 1. The molecule has 0 saturated carbocycles. The highest BCUT2D eigenvalue weighted by Crippen LogP contribution is 2.22. The number of hydrogen-bond donors (Lipinski definition) is 1. The standard InChI is InChI=1S/C12H18O/c1-4-10-5-7-11(8-6-10)9-12(2,3)13/h4-5,7-8,13H,6,9H2,1-3H3. The molecular formula is C12H18O. The van der Waals surface area contributed by atoms with Crippen molar-refractivity contribution in [3.05, 3.63) is 35.5 Å². The Labute approximate surface area is 80.5 Å². The number of aliphatic hydroxyl groups is 1. The SMILES string of the molecule is CC=C1C=CC(CC(C)(C)O)=CC1. The fourth-order valence-electron chi connectivity index (χ4n) is 1.44. The van der Waals surface area contributed by atoms with Gasteiger partial charge in [-0.25, -0.2) is 0 Å². The molecule has 1 rings (SSSR count). The molecule has 72 valence electrons. The van der Waals surface area contributed by atoms with E-state index in [9.17, 15) is 5.11 Å². The molecular weight excluding hydrogens is 160 g/mol. The highest BCUT2D eigenvalue weighted by Gasteiger charge is 2.14. The largest absolute Gasteiger partial charge is 0.390 e. The molecule has 1 nitrogen and oxygen atoms in total. The van der Waals surface area contributed by atoms with Crippen LogP contribution in [0.2, 0.25) is 0 Å². The Hall–Kier alpha value is -0.820. The Kier molecular flexibility index (Phi) is 3.10. The monoisotopic (exact) mass is 178 g/mol. The van der Waals surface area contributed by atoms with Crippen molar-refractivity contribution in [2.24, 2.45) is 0 Å². The van der Waals surface area contributed by atoms with Gasteiger partial charge in [0, 0.05) is 6.42 Å². The van der Waals surface area contributed by atoms with Gasteiger partial charge in [0.2, 0.25) is 0 Å². The average Bonchev–Trinajstić information content (AvgIpc) is 2.03. The summed E-state index contributed by atoms with van der Waals surface area (Å²) < 4.78 is 0. The minimum atomic E-state index is -0.594. The normalized spacial score (nSPS) is 20.6. The second kappa shape index (κ2) is 3.93. The van der Waals surface area contributed by atoms with E-state index in [1.165, 1.54) is 11.1 Å². The maximum atomic E-state index is 9.60. The Bertz CT molecular complexity index is 261. The van der Waals surface area contributed by atoms with Gasteiger partial charge in [-0.2, -0.15) is 0 Å².